The van der Waals surface area contributed by atoms with E-state index in [1.54, 1.807) is 18.2 Å². The van der Waals surface area contributed by atoms with Crippen LogP contribution in [-0.4, -0.2) is 45.9 Å². The van der Waals surface area contributed by atoms with Gasteiger partial charge in [-0.05, 0) is 49.3 Å². The van der Waals surface area contributed by atoms with E-state index in [1.807, 2.05) is 6.07 Å². The van der Waals surface area contributed by atoms with Gasteiger partial charge in [0.1, 0.15) is 0 Å². The monoisotopic (exact) mass is 456 g/mol. The molecule has 0 aromatic heterocycles. The molecule has 1 aromatic rings. The lowest BCUT2D eigenvalue weighted by atomic mass is 9.81. The lowest BCUT2D eigenvalue weighted by molar-refractivity contribution is -0.166. The molecule has 170 valence electrons. The molecule has 1 aliphatic carbocycles. The molecule has 0 radical (unpaired) electrons. The van der Waals surface area contributed by atoms with Crippen LogP contribution < -0.4 is 5.32 Å². The first-order valence-corrected chi connectivity index (χ1v) is 11.0. The third-order valence-corrected chi connectivity index (χ3v) is 6.50. The Morgan fingerprint density at radius 1 is 1.29 bits per heavy atom. The molecule has 9 heteroatoms. The molecule has 1 aromatic carbocycles. The molecule has 1 saturated heterocycles. The van der Waals surface area contributed by atoms with E-state index in [-0.39, 0.29) is 6.42 Å². The molecule has 1 saturated carbocycles. The van der Waals surface area contributed by atoms with Crippen molar-refractivity contribution in [2.45, 2.75) is 69.9 Å². The number of carboxylic acids is 1. The summed E-state index contributed by atoms with van der Waals surface area (Å²) in [4.78, 5) is 37.6. The van der Waals surface area contributed by atoms with Crippen LogP contribution >= 0.6 is 11.6 Å². The molecule has 3 atom stereocenters. The number of carboxylic acid groups (broad SMARTS) is 1. The minimum Gasteiger partial charge on any atom is -0.480 e. The zero-order chi connectivity index (χ0) is 22.8. The predicted octanol–water partition coefficient (Wildman–Crippen LogP) is 4.50. The number of carbonyl (C=O) groups excluding carboxylic acids is 2. The van der Waals surface area contributed by atoms with Crippen LogP contribution in [0.25, 0.3) is 0 Å². The second-order valence-electron chi connectivity index (χ2n) is 8.55. The Kier molecular flexibility index (Phi) is 7.19. The van der Waals surface area contributed by atoms with Crippen LogP contribution in [0.1, 0.15) is 51.0 Å². The number of rotatable bonds is 7. The predicted molar refractivity (Wildman–Crippen MR) is 111 cm³/mol. The molecule has 31 heavy (non-hydrogen) atoms. The van der Waals surface area contributed by atoms with E-state index in [9.17, 15) is 28.3 Å². The van der Waals surface area contributed by atoms with E-state index in [0.29, 0.717) is 29.2 Å². The van der Waals surface area contributed by atoms with Crippen LogP contribution in [0.3, 0.4) is 0 Å². The molecule has 1 aliphatic heterocycles. The number of halogens is 3. The fourth-order valence-corrected chi connectivity index (χ4v) is 4.89. The third kappa shape index (κ3) is 5.34. The van der Waals surface area contributed by atoms with Crippen molar-refractivity contribution in [3.8, 4) is 0 Å². The number of imide groups is 1. The van der Waals surface area contributed by atoms with Crippen LogP contribution in [0.2, 0.25) is 5.02 Å². The van der Waals surface area contributed by atoms with Crippen molar-refractivity contribution in [3.63, 3.8) is 0 Å². The molecule has 2 aliphatic rings. The Hall–Kier alpha value is -2.22. The lowest BCUT2D eigenvalue weighted by Gasteiger charge is -2.44. The maximum Gasteiger partial charge on any atom is 0.327 e. The SMILES string of the molecule is CC(F)(F)[C@@H](NC(=O)N1C(=O)C(CCc2cccc(Cl)c2)[C@H]1C(=O)O)C1CCCCC1. The van der Waals surface area contributed by atoms with Crippen molar-refractivity contribution in [1.82, 2.24) is 10.2 Å². The minimum absolute atomic E-state index is 0.218. The second kappa shape index (κ2) is 9.51. The molecular formula is C22H27ClF2N2O4. The van der Waals surface area contributed by atoms with Gasteiger partial charge in [0.2, 0.25) is 5.91 Å². The summed E-state index contributed by atoms with van der Waals surface area (Å²) in [7, 11) is 0. The van der Waals surface area contributed by atoms with Crippen LogP contribution in [0.5, 0.6) is 0 Å². The number of β-lactam (4-membered cyclic amide) rings is 1. The summed E-state index contributed by atoms with van der Waals surface area (Å²) in [6.07, 6.45) is 4.33. The third-order valence-electron chi connectivity index (χ3n) is 6.27. The van der Waals surface area contributed by atoms with Gasteiger partial charge in [0.25, 0.3) is 5.92 Å². The molecule has 0 bridgehead atoms. The van der Waals surface area contributed by atoms with Crippen LogP contribution in [0, 0.1) is 11.8 Å². The van der Waals surface area contributed by atoms with E-state index in [0.717, 1.165) is 31.7 Å². The van der Waals surface area contributed by atoms with Gasteiger partial charge < -0.3 is 10.4 Å². The van der Waals surface area contributed by atoms with Crippen LogP contribution in [0.15, 0.2) is 24.3 Å². The van der Waals surface area contributed by atoms with E-state index < -0.39 is 47.7 Å². The summed E-state index contributed by atoms with van der Waals surface area (Å²) in [6, 6.07) is 3.13. The number of carbonyl (C=O) groups is 3. The smallest absolute Gasteiger partial charge is 0.327 e. The number of nitrogens with zero attached hydrogens (tertiary/aromatic N) is 1. The summed E-state index contributed by atoms with van der Waals surface area (Å²) in [5.74, 6) is -6.47. The van der Waals surface area contributed by atoms with E-state index >= 15 is 0 Å². The normalized spacial score (nSPS) is 23.2. The highest BCUT2D eigenvalue weighted by atomic mass is 35.5. The number of urea groups is 1. The average Bonchev–Trinajstić information content (AvgIpc) is 2.69. The standard InChI is InChI=1S/C22H27ClF2N2O4/c1-22(24,25)18(14-7-3-2-4-8-14)26-21(31)27-17(20(29)30)16(19(27)28)11-10-13-6-5-9-15(23)12-13/h5-6,9,12,14,16-18H,2-4,7-8,10-11H2,1H3,(H,26,31)(H,29,30)/t16?,17-,18-/m0/s1. The first kappa shape index (κ1) is 23.4. The second-order valence-corrected chi connectivity index (χ2v) is 8.98. The number of likely N-dealkylation sites (tertiary alicyclic amines) is 1. The molecular weight excluding hydrogens is 430 g/mol. The summed E-state index contributed by atoms with van der Waals surface area (Å²) in [5, 5.41) is 12.4. The molecule has 1 heterocycles. The molecule has 2 N–H and O–H groups in total. The number of hydrogen-bond donors (Lipinski definition) is 2. The largest absolute Gasteiger partial charge is 0.480 e. The van der Waals surface area contributed by atoms with E-state index in [4.69, 9.17) is 11.6 Å². The molecule has 1 unspecified atom stereocenters. The van der Waals surface area contributed by atoms with Gasteiger partial charge in [0.15, 0.2) is 6.04 Å². The van der Waals surface area contributed by atoms with Crippen molar-refractivity contribution in [2.75, 3.05) is 0 Å². The first-order valence-electron chi connectivity index (χ1n) is 10.6. The molecule has 3 rings (SSSR count). The van der Waals surface area contributed by atoms with E-state index in [2.05, 4.69) is 5.32 Å². The molecule has 6 nitrogen and oxygen atoms in total. The summed E-state index contributed by atoms with van der Waals surface area (Å²) < 4.78 is 28.5. The fourth-order valence-electron chi connectivity index (χ4n) is 4.68. The van der Waals surface area contributed by atoms with Crippen molar-refractivity contribution >= 4 is 29.5 Å². The molecule has 0 spiro atoms. The quantitative estimate of drug-likeness (QED) is 0.591. The van der Waals surface area contributed by atoms with Crippen molar-refractivity contribution < 1.29 is 28.3 Å². The Bertz CT molecular complexity index is 839. The van der Waals surface area contributed by atoms with Crippen molar-refractivity contribution in [3.05, 3.63) is 34.9 Å². The van der Waals surface area contributed by atoms with Crippen molar-refractivity contribution in [1.29, 1.82) is 0 Å². The molecule has 3 amide bonds. The van der Waals surface area contributed by atoms with Gasteiger partial charge in [-0.25, -0.2) is 23.3 Å². The summed E-state index contributed by atoms with van der Waals surface area (Å²) in [6.45, 7) is 0.743. The zero-order valence-electron chi connectivity index (χ0n) is 17.3. The lowest BCUT2D eigenvalue weighted by Crippen LogP contribution is -2.69. The minimum atomic E-state index is -3.18. The Morgan fingerprint density at radius 2 is 1.97 bits per heavy atom. The maximum absolute atomic E-state index is 14.2. The Balaban J connectivity index is 1.68. The Labute approximate surface area is 184 Å². The highest BCUT2D eigenvalue weighted by Gasteiger charge is 2.55. The van der Waals surface area contributed by atoms with Gasteiger partial charge in [0, 0.05) is 11.9 Å². The van der Waals surface area contributed by atoms with Crippen LogP contribution in [0.4, 0.5) is 13.6 Å². The van der Waals surface area contributed by atoms with E-state index in [1.165, 1.54) is 0 Å². The van der Waals surface area contributed by atoms with Gasteiger partial charge in [-0.15, -0.1) is 0 Å². The number of nitrogens with one attached hydrogen (secondary N) is 1. The summed E-state index contributed by atoms with van der Waals surface area (Å²) >= 11 is 5.95. The van der Waals surface area contributed by atoms with Gasteiger partial charge in [-0.2, -0.15) is 0 Å². The van der Waals surface area contributed by atoms with Crippen LogP contribution in [-0.2, 0) is 16.0 Å². The number of amides is 3. The van der Waals surface area contributed by atoms with Gasteiger partial charge in [-0.3, -0.25) is 4.79 Å². The highest BCUT2D eigenvalue weighted by molar-refractivity contribution is 6.30. The van der Waals surface area contributed by atoms with Gasteiger partial charge in [0.05, 0.1) is 12.0 Å². The fraction of sp³-hybridized carbons (Fsp3) is 0.591. The number of benzene rings is 1. The average molecular weight is 457 g/mol. The number of alkyl halides is 2. The number of aryl methyl sites for hydroxylation is 1. The van der Waals surface area contributed by atoms with Gasteiger partial charge >= 0.3 is 12.0 Å². The summed E-state index contributed by atoms with van der Waals surface area (Å²) in [5.41, 5.74) is 0.843. The highest BCUT2D eigenvalue weighted by Crippen LogP contribution is 2.35. The molecule has 2 fully saturated rings. The number of hydrogen-bond acceptors (Lipinski definition) is 3. The first-order chi connectivity index (χ1) is 14.6. The zero-order valence-corrected chi connectivity index (χ0v) is 18.1. The van der Waals surface area contributed by atoms with Gasteiger partial charge in [-0.1, -0.05) is 43.0 Å². The Morgan fingerprint density at radius 3 is 2.55 bits per heavy atom. The maximum atomic E-state index is 14.2. The topological polar surface area (TPSA) is 86.7 Å². The number of aliphatic carboxylic acids is 1. The van der Waals surface area contributed by atoms with Crippen molar-refractivity contribution in [2.24, 2.45) is 11.8 Å².